The van der Waals surface area contributed by atoms with Crippen molar-refractivity contribution in [1.29, 1.82) is 0 Å². The Morgan fingerprint density at radius 1 is 1.10 bits per heavy atom. The van der Waals surface area contributed by atoms with E-state index in [-0.39, 0.29) is 0 Å². The van der Waals surface area contributed by atoms with Crippen LogP contribution in [0.3, 0.4) is 0 Å². The molecule has 0 unspecified atom stereocenters. The summed E-state index contributed by atoms with van der Waals surface area (Å²) >= 11 is 3.45. The van der Waals surface area contributed by atoms with E-state index in [9.17, 15) is 9.59 Å². The third-order valence-corrected chi connectivity index (χ3v) is 5.26. The number of hydrazone groups is 1. The minimum atomic E-state index is -0.461. The van der Waals surface area contributed by atoms with E-state index in [1.807, 2.05) is 12.1 Å². The van der Waals surface area contributed by atoms with Crippen molar-refractivity contribution in [3.05, 3.63) is 82.3 Å². The van der Waals surface area contributed by atoms with E-state index >= 15 is 0 Å². The lowest BCUT2D eigenvalue weighted by molar-refractivity contribution is 0.0616. The number of rotatable bonds is 6. The van der Waals surface area contributed by atoms with Crippen molar-refractivity contribution in [2.24, 2.45) is 5.10 Å². The number of carbonyl (C=O) groups is 2. The summed E-state index contributed by atoms with van der Waals surface area (Å²) in [5.74, 6) is 0.0920. The number of methoxy groups -OCH3 is 1. The zero-order valence-electron chi connectivity index (χ0n) is 16.1. The molecular formula is C23H17BrN2O4. The zero-order valence-corrected chi connectivity index (χ0v) is 17.7. The molecule has 4 rings (SSSR count). The van der Waals surface area contributed by atoms with Crippen LogP contribution in [-0.2, 0) is 0 Å². The van der Waals surface area contributed by atoms with E-state index in [1.54, 1.807) is 42.5 Å². The maximum absolute atomic E-state index is 12.9. The number of halogens is 1. The highest BCUT2D eigenvalue weighted by molar-refractivity contribution is 9.10. The van der Waals surface area contributed by atoms with Crippen LogP contribution in [0.4, 0.5) is 0 Å². The molecule has 0 saturated heterocycles. The van der Waals surface area contributed by atoms with Crippen LogP contribution in [0.15, 0.2) is 70.8 Å². The summed E-state index contributed by atoms with van der Waals surface area (Å²) < 4.78 is 11.6. The largest absolute Gasteiger partial charge is 0.493 e. The predicted molar refractivity (Wildman–Crippen MR) is 118 cm³/mol. The molecule has 150 valence electrons. The minimum absolute atomic E-state index is 0.324. The second-order valence-corrected chi connectivity index (χ2v) is 7.36. The predicted octanol–water partition coefficient (Wildman–Crippen LogP) is 4.81. The van der Waals surface area contributed by atoms with Crippen molar-refractivity contribution in [3.8, 4) is 11.5 Å². The number of ether oxygens (including phenoxy) is 2. The SMILES string of the molecule is C=CCOc1c(Br)cc(/C=N\N2C(=O)c3cccc4cccc(c34)C2=O)cc1OC. The van der Waals surface area contributed by atoms with Crippen molar-refractivity contribution in [1.82, 2.24) is 5.01 Å². The fourth-order valence-corrected chi connectivity index (χ4v) is 3.92. The first-order valence-corrected chi connectivity index (χ1v) is 9.90. The maximum Gasteiger partial charge on any atom is 0.282 e. The number of carbonyl (C=O) groups excluding carboxylic acids is 2. The van der Waals surface area contributed by atoms with E-state index in [4.69, 9.17) is 9.47 Å². The summed E-state index contributed by atoms with van der Waals surface area (Å²) in [5.41, 5.74) is 1.53. The summed E-state index contributed by atoms with van der Waals surface area (Å²) in [6.07, 6.45) is 3.07. The van der Waals surface area contributed by atoms with Gasteiger partial charge in [-0.05, 0) is 51.1 Å². The van der Waals surface area contributed by atoms with Crippen molar-refractivity contribution < 1.29 is 19.1 Å². The smallest absolute Gasteiger partial charge is 0.282 e. The number of amides is 2. The van der Waals surface area contributed by atoms with Gasteiger partial charge in [-0.1, -0.05) is 36.9 Å². The molecule has 0 radical (unpaired) electrons. The van der Waals surface area contributed by atoms with Crippen molar-refractivity contribution in [2.75, 3.05) is 13.7 Å². The molecule has 0 fully saturated rings. The molecule has 0 atom stereocenters. The van der Waals surface area contributed by atoms with Crippen molar-refractivity contribution in [2.45, 2.75) is 0 Å². The highest BCUT2D eigenvalue weighted by atomic mass is 79.9. The highest BCUT2D eigenvalue weighted by Gasteiger charge is 2.32. The topological polar surface area (TPSA) is 68.2 Å². The molecule has 2 amide bonds. The van der Waals surface area contributed by atoms with Gasteiger partial charge in [0.05, 0.1) is 28.9 Å². The second-order valence-electron chi connectivity index (χ2n) is 6.51. The van der Waals surface area contributed by atoms with Gasteiger partial charge >= 0.3 is 0 Å². The molecule has 0 bridgehead atoms. The fraction of sp³-hybridized carbons (Fsp3) is 0.0870. The molecule has 0 N–H and O–H groups in total. The number of benzene rings is 3. The lowest BCUT2D eigenvalue weighted by atomic mass is 9.95. The molecule has 1 heterocycles. The molecule has 0 saturated carbocycles. The molecular weight excluding hydrogens is 448 g/mol. The normalized spacial score (nSPS) is 13.2. The number of nitrogens with zero attached hydrogens (tertiary/aromatic N) is 2. The molecule has 3 aromatic carbocycles. The van der Waals surface area contributed by atoms with Gasteiger partial charge in [-0.2, -0.15) is 10.1 Å². The van der Waals surface area contributed by atoms with Gasteiger partial charge in [-0.3, -0.25) is 9.59 Å². The Balaban J connectivity index is 1.70. The average molecular weight is 465 g/mol. The first-order valence-electron chi connectivity index (χ1n) is 9.11. The van der Waals surface area contributed by atoms with Crippen molar-refractivity contribution >= 4 is 44.7 Å². The summed E-state index contributed by atoms with van der Waals surface area (Å²) in [4.78, 5) is 25.9. The third-order valence-electron chi connectivity index (χ3n) is 4.67. The number of hydrogen-bond donors (Lipinski definition) is 0. The molecule has 1 aliphatic rings. The Kier molecular flexibility index (Phi) is 5.37. The Morgan fingerprint density at radius 3 is 2.37 bits per heavy atom. The molecule has 0 aliphatic carbocycles. The molecule has 0 aromatic heterocycles. The van der Waals surface area contributed by atoms with Gasteiger partial charge in [0.15, 0.2) is 11.5 Å². The molecule has 7 heteroatoms. The van der Waals surface area contributed by atoms with E-state index < -0.39 is 11.8 Å². The van der Waals surface area contributed by atoms with Crippen molar-refractivity contribution in [3.63, 3.8) is 0 Å². The Labute approximate surface area is 181 Å². The van der Waals surface area contributed by atoms with Crippen LogP contribution in [0.2, 0.25) is 0 Å². The van der Waals surface area contributed by atoms with E-state index in [0.717, 1.165) is 10.4 Å². The van der Waals surface area contributed by atoms with Gasteiger partial charge in [0.2, 0.25) is 0 Å². The summed E-state index contributed by atoms with van der Waals surface area (Å²) in [5, 5.41) is 6.58. The molecule has 1 aliphatic heterocycles. The second kappa shape index (κ2) is 8.12. The van der Waals surface area contributed by atoms with Gasteiger partial charge in [0, 0.05) is 5.39 Å². The zero-order chi connectivity index (χ0) is 21.3. The minimum Gasteiger partial charge on any atom is -0.493 e. The van der Waals surface area contributed by atoms with Crippen LogP contribution in [0, 0.1) is 0 Å². The monoisotopic (exact) mass is 464 g/mol. The standard InChI is InChI=1S/C23H17BrN2O4/c1-3-10-30-21-18(24)11-14(12-19(21)29-2)13-25-26-22(27)16-8-4-6-15-7-5-9-17(20(15)16)23(26)28/h3-9,11-13H,1,10H2,2H3/b25-13-. The Bertz CT molecular complexity index is 1170. The van der Waals surface area contributed by atoms with Gasteiger partial charge in [0.1, 0.15) is 6.61 Å². The van der Waals surface area contributed by atoms with E-state index in [1.165, 1.54) is 13.3 Å². The van der Waals surface area contributed by atoms with Gasteiger partial charge in [-0.25, -0.2) is 0 Å². The summed E-state index contributed by atoms with van der Waals surface area (Å²) in [6, 6.07) is 14.2. The quantitative estimate of drug-likeness (QED) is 0.298. The number of imide groups is 1. The summed E-state index contributed by atoms with van der Waals surface area (Å²) in [7, 11) is 1.53. The average Bonchev–Trinajstić information content (AvgIpc) is 2.76. The fourth-order valence-electron chi connectivity index (χ4n) is 3.34. The Hall–Kier alpha value is -3.45. The van der Waals surface area contributed by atoms with Crippen LogP contribution in [0.25, 0.3) is 10.8 Å². The summed E-state index contributed by atoms with van der Waals surface area (Å²) in [6.45, 7) is 3.96. The van der Waals surface area contributed by atoms with E-state index in [2.05, 4.69) is 27.6 Å². The van der Waals surface area contributed by atoms with Gasteiger partial charge in [-0.15, -0.1) is 0 Å². The highest BCUT2D eigenvalue weighted by Crippen LogP contribution is 2.36. The van der Waals surface area contributed by atoms with Crippen LogP contribution in [0.1, 0.15) is 26.3 Å². The molecule has 6 nitrogen and oxygen atoms in total. The number of hydrogen-bond acceptors (Lipinski definition) is 5. The van der Waals surface area contributed by atoms with Crippen LogP contribution in [-0.4, -0.2) is 36.8 Å². The Morgan fingerprint density at radius 2 is 1.77 bits per heavy atom. The van der Waals surface area contributed by atoms with Crippen LogP contribution >= 0.6 is 15.9 Å². The van der Waals surface area contributed by atoms with Gasteiger partial charge in [0.25, 0.3) is 11.8 Å². The molecule has 3 aromatic rings. The van der Waals surface area contributed by atoms with E-state index in [0.29, 0.717) is 44.7 Å². The van der Waals surface area contributed by atoms with Gasteiger partial charge < -0.3 is 9.47 Å². The van der Waals surface area contributed by atoms with Crippen LogP contribution in [0.5, 0.6) is 11.5 Å². The first-order chi connectivity index (χ1) is 14.5. The molecule has 30 heavy (non-hydrogen) atoms. The molecule has 0 spiro atoms. The lowest BCUT2D eigenvalue weighted by Crippen LogP contribution is -2.36. The third kappa shape index (κ3) is 3.37. The van der Waals surface area contributed by atoms with Crippen LogP contribution < -0.4 is 9.47 Å². The first kappa shape index (κ1) is 19.8. The maximum atomic E-state index is 12.9. The lowest BCUT2D eigenvalue weighted by Gasteiger charge is -2.23.